The first-order valence-electron chi connectivity index (χ1n) is 8.23. The Morgan fingerprint density at radius 2 is 2.14 bits per heavy atom. The summed E-state index contributed by atoms with van der Waals surface area (Å²) in [6, 6.07) is 2.10. The van der Waals surface area contributed by atoms with Crippen LogP contribution >= 0.6 is 0 Å². The van der Waals surface area contributed by atoms with Gasteiger partial charge in [0.15, 0.2) is 0 Å². The van der Waals surface area contributed by atoms with Gasteiger partial charge in [-0.2, -0.15) is 5.10 Å². The van der Waals surface area contributed by atoms with E-state index >= 15 is 0 Å². The SMILES string of the molecule is CN(C)CC(O)c1cc2n(n1)CCCN(CC1CCC1)C2. The molecular formula is C16H28N4O. The van der Waals surface area contributed by atoms with Crippen molar-refractivity contribution in [2.75, 3.05) is 33.7 Å². The molecule has 5 nitrogen and oxygen atoms in total. The Balaban J connectivity index is 1.66. The van der Waals surface area contributed by atoms with Crippen LogP contribution in [0.2, 0.25) is 0 Å². The quantitative estimate of drug-likeness (QED) is 0.893. The van der Waals surface area contributed by atoms with Gasteiger partial charge in [0.1, 0.15) is 6.10 Å². The molecule has 0 aromatic carbocycles. The Morgan fingerprint density at radius 1 is 1.33 bits per heavy atom. The lowest BCUT2D eigenvalue weighted by molar-refractivity contribution is 0.133. The van der Waals surface area contributed by atoms with Crippen LogP contribution in [0.5, 0.6) is 0 Å². The smallest absolute Gasteiger partial charge is 0.110 e. The Labute approximate surface area is 127 Å². The Morgan fingerprint density at radius 3 is 2.81 bits per heavy atom. The van der Waals surface area contributed by atoms with Crippen LogP contribution in [-0.4, -0.2) is 58.4 Å². The Kier molecular flexibility index (Phi) is 4.62. The summed E-state index contributed by atoms with van der Waals surface area (Å²) < 4.78 is 2.11. The van der Waals surface area contributed by atoms with Gasteiger partial charge in [-0.05, 0) is 45.3 Å². The van der Waals surface area contributed by atoms with Crippen LogP contribution in [0, 0.1) is 5.92 Å². The number of rotatable bonds is 5. The topological polar surface area (TPSA) is 44.5 Å². The van der Waals surface area contributed by atoms with Crippen LogP contribution in [0.15, 0.2) is 6.07 Å². The van der Waals surface area contributed by atoms with Gasteiger partial charge in [0.2, 0.25) is 0 Å². The van der Waals surface area contributed by atoms with Crippen molar-refractivity contribution in [2.24, 2.45) is 5.92 Å². The van der Waals surface area contributed by atoms with Gasteiger partial charge in [-0.15, -0.1) is 0 Å². The van der Waals surface area contributed by atoms with Crippen LogP contribution in [0.4, 0.5) is 0 Å². The van der Waals surface area contributed by atoms with Gasteiger partial charge in [-0.1, -0.05) is 6.42 Å². The Bertz CT molecular complexity index is 467. The molecule has 5 heteroatoms. The lowest BCUT2D eigenvalue weighted by Crippen LogP contribution is -2.32. The highest BCUT2D eigenvalue weighted by atomic mass is 16.3. The van der Waals surface area contributed by atoms with E-state index in [4.69, 9.17) is 0 Å². The fourth-order valence-corrected chi connectivity index (χ4v) is 3.35. The van der Waals surface area contributed by atoms with E-state index in [1.54, 1.807) is 0 Å². The minimum absolute atomic E-state index is 0.487. The Hall–Kier alpha value is -0.910. The van der Waals surface area contributed by atoms with E-state index in [0.717, 1.165) is 31.1 Å². The molecule has 0 radical (unpaired) electrons. The number of aryl methyl sites for hydroxylation is 1. The molecule has 0 saturated heterocycles. The maximum Gasteiger partial charge on any atom is 0.110 e. The number of hydrogen-bond acceptors (Lipinski definition) is 4. The number of likely N-dealkylation sites (N-methyl/N-ethyl adjacent to an activating group) is 1. The molecule has 3 rings (SSSR count). The molecule has 118 valence electrons. The minimum Gasteiger partial charge on any atom is -0.385 e. The predicted octanol–water partition coefficient (Wildman–Crippen LogP) is 1.48. The summed E-state index contributed by atoms with van der Waals surface area (Å²) in [4.78, 5) is 4.57. The number of aliphatic hydroxyl groups excluding tert-OH is 1. The first-order valence-corrected chi connectivity index (χ1v) is 8.23. The molecule has 0 amide bonds. The van der Waals surface area contributed by atoms with E-state index in [2.05, 4.69) is 20.7 Å². The zero-order valence-corrected chi connectivity index (χ0v) is 13.3. The van der Waals surface area contributed by atoms with Crippen molar-refractivity contribution in [2.45, 2.75) is 44.9 Å². The predicted molar refractivity (Wildman–Crippen MR) is 83.0 cm³/mol. The lowest BCUT2D eigenvalue weighted by Gasteiger charge is -2.31. The van der Waals surface area contributed by atoms with Crippen molar-refractivity contribution in [1.82, 2.24) is 19.6 Å². The van der Waals surface area contributed by atoms with Gasteiger partial charge < -0.3 is 10.0 Å². The summed E-state index contributed by atoms with van der Waals surface area (Å²) in [5, 5.41) is 14.9. The third-order valence-corrected chi connectivity index (χ3v) is 4.73. The van der Waals surface area contributed by atoms with Gasteiger partial charge in [-0.3, -0.25) is 9.58 Å². The van der Waals surface area contributed by atoms with Crippen molar-refractivity contribution in [3.8, 4) is 0 Å². The summed E-state index contributed by atoms with van der Waals surface area (Å²) >= 11 is 0. The third-order valence-electron chi connectivity index (χ3n) is 4.73. The van der Waals surface area contributed by atoms with Crippen LogP contribution in [0.1, 0.15) is 43.2 Å². The molecule has 0 bridgehead atoms. The van der Waals surface area contributed by atoms with Gasteiger partial charge in [0.05, 0.1) is 11.4 Å². The normalized spacial score (nSPS) is 21.9. The summed E-state index contributed by atoms with van der Waals surface area (Å²) in [7, 11) is 3.95. The number of nitrogens with zero attached hydrogens (tertiary/aromatic N) is 4. The van der Waals surface area contributed by atoms with E-state index in [1.807, 2.05) is 19.0 Å². The highest BCUT2D eigenvalue weighted by Gasteiger charge is 2.24. The zero-order chi connectivity index (χ0) is 14.8. The van der Waals surface area contributed by atoms with Crippen LogP contribution in [-0.2, 0) is 13.1 Å². The first kappa shape index (κ1) is 15.0. The standard InChI is InChI=1S/C16H28N4O/c1-18(2)12-16(21)15-9-14-11-19(10-13-5-3-6-13)7-4-8-20(14)17-15/h9,13,16,21H,3-8,10-12H2,1-2H3. The van der Waals surface area contributed by atoms with Crippen LogP contribution in [0.25, 0.3) is 0 Å². The molecule has 1 atom stereocenters. The number of aromatic nitrogens is 2. The molecule has 2 heterocycles. The second-order valence-corrected chi connectivity index (χ2v) is 6.95. The average molecular weight is 292 g/mol. The van der Waals surface area contributed by atoms with E-state index in [-0.39, 0.29) is 0 Å². The van der Waals surface area contributed by atoms with Gasteiger partial charge in [0, 0.05) is 32.7 Å². The highest BCUT2D eigenvalue weighted by molar-refractivity contribution is 5.14. The number of hydrogen-bond donors (Lipinski definition) is 1. The fourth-order valence-electron chi connectivity index (χ4n) is 3.35. The summed E-state index contributed by atoms with van der Waals surface area (Å²) in [6.07, 6.45) is 4.90. The molecule has 2 aliphatic rings. The molecule has 1 aliphatic heterocycles. The molecular weight excluding hydrogens is 264 g/mol. The summed E-state index contributed by atoms with van der Waals surface area (Å²) in [5.74, 6) is 0.915. The van der Waals surface area contributed by atoms with Crippen molar-refractivity contribution in [3.05, 3.63) is 17.5 Å². The van der Waals surface area contributed by atoms with E-state index in [1.165, 1.54) is 38.0 Å². The van der Waals surface area contributed by atoms with Gasteiger partial charge in [-0.25, -0.2) is 0 Å². The van der Waals surface area contributed by atoms with Crippen molar-refractivity contribution in [3.63, 3.8) is 0 Å². The largest absolute Gasteiger partial charge is 0.385 e. The van der Waals surface area contributed by atoms with E-state index in [9.17, 15) is 5.11 Å². The lowest BCUT2D eigenvalue weighted by atomic mass is 9.85. The summed E-state index contributed by atoms with van der Waals surface area (Å²) in [6.45, 7) is 5.00. The second kappa shape index (κ2) is 6.46. The maximum atomic E-state index is 10.2. The molecule has 1 unspecified atom stereocenters. The van der Waals surface area contributed by atoms with Crippen molar-refractivity contribution < 1.29 is 5.11 Å². The monoisotopic (exact) mass is 292 g/mol. The number of aliphatic hydroxyl groups is 1. The molecule has 1 saturated carbocycles. The molecule has 0 spiro atoms. The molecule has 1 fully saturated rings. The zero-order valence-electron chi connectivity index (χ0n) is 13.3. The molecule has 21 heavy (non-hydrogen) atoms. The van der Waals surface area contributed by atoms with Crippen molar-refractivity contribution >= 4 is 0 Å². The first-order chi connectivity index (χ1) is 10.1. The van der Waals surface area contributed by atoms with Gasteiger partial charge in [0.25, 0.3) is 0 Å². The van der Waals surface area contributed by atoms with Crippen molar-refractivity contribution in [1.29, 1.82) is 0 Å². The van der Waals surface area contributed by atoms with E-state index in [0.29, 0.717) is 6.54 Å². The number of fused-ring (bicyclic) bond motifs is 1. The second-order valence-electron chi connectivity index (χ2n) is 6.95. The molecule has 1 aliphatic carbocycles. The minimum atomic E-state index is -0.487. The maximum absolute atomic E-state index is 10.2. The van der Waals surface area contributed by atoms with Gasteiger partial charge >= 0.3 is 0 Å². The highest BCUT2D eigenvalue weighted by Crippen LogP contribution is 2.28. The fraction of sp³-hybridized carbons (Fsp3) is 0.812. The van der Waals surface area contributed by atoms with E-state index < -0.39 is 6.10 Å². The van der Waals surface area contributed by atoms with Crippen LogP contribution < -0.4 is 0 Å². The average Bonchev–Trinajstić information content (AvgIpc) is 2.67. The third kappa shape index (κ3) is 3.65. The summed E-state index contributed by atoms with van der Waals surface area (Å²) in [5.41, 5.74) is 2.09. The van der Waals surface area contributed by atoms with Crippen LogP contribution in [0.3, 0.4) is 0 Å². The molecule has 1 N–H and O–H groups in total. The molecule has 1 aromatic heterocycles. The molecule has 1 aromatic rings.